The summed E-state index contributed by atoms with van der Waals surface area (Å²) in [5, 5.41) is 11.8. The van der Waals surface area contributed by atoms with E-state index in [0.29, 0.717) is 19.4 Å². The standard InChI is InChI=1S/C39H62N6O6S/c1-11-25(4)34(44(8)39(49)33(24(2)3)43-37(48)27(6)40-7)31(50-9)23-32(46)45-20-15-18-30(45)35(51-10)26(5)36(47)42-29(38-41-19-21-52-38)22-28-16-13-12-14-17-28/h12-14,16-17,19,21,24-27,29-31,33-35,40H,11,15,18,20,22-23H2,1-10H3,(H,42,47)(H,43,48)/t25-,26+,27-,29-,30-,31+,33-,34-,35+/m0/s1. The van der Waals surface area contributed by atoms with E-state index in [2.05, 4.69) is 20.9 Å². The first-order chi connectivity index (χ1) is 24.8. The number of likely N-dealkylation sites (tertiary alicyclic amines) is 1. The van der Waals surface area contributed by atoms with Crippen LogP contribution >= 0.6 is 11.3 Å². The summed E-state index contributed by atoms with van der Waals surface area (Å²) in [7, 11) is 6.59. The molecule has 0 bridgehead atoms. The van der Waals surface area contributed by atoms with E-state index in [1.54, 1.807) is 46.3 Å². The number of likely N-dealkylation sites (N-methyl/N-ethyl adjacent to an activating group) is 2. The summed E-state index contributed by atoms with van der Waals surface area (Å²) in [6, 6.07) is 7.77. The molecule has 1 aromatic carbocycles. The molecule has 0 unspecified atom stereocenters. The summed E-state index contributed by atoms with van der Waals surface area (Å²) >= 11 is 1.50. The quantitative estimate of drug-likeness (QED) is 0.183. The average molecular weight is 743 g/mol. The Morgan fingerprint density at radius 2 is 1.71 bits per heavy atom. The van der Waals surface area contributed by atoms with Gasteiger partial charge in [0.15, 0.2) is 0 Å². The number of aromatic nitrogens is 1. The van der Waals surface area contributed by atoms with Gasteiger partial charge >= 0.3 is 0 Å². The molecule has 1 aliphatic rings. The van der Waals surface area contributed by atoms with Gasteiger partial charge in [-0.3, -0.25) is 19.2 Å². The fourth-order valence-electron chi connectivity index (χ4n) is 7.21. The lowest BCUT2D eigenvalue weighted by Gasteiger charge is -2.41. The van der Waals surface area contributed by atoms with E-state index in [0.717, 1.165) is 23.4 Å². The first kappa shape index (κ1) is 43.0. The summed E-state index contributed by atoms with van der Waals surface area (Å²) in [5.74, 6) is -1.47. The van der Waals surface area contributed by atoms with Gasteiger partial charge in [-0.1, -0.05) is 71.4 Å². The normalized spacial score (nSPS) is 19.2. The molecular formula is C39H62N6O6S. The maximum atomic E-state index is 14.2. The van der Waals surface area contributed by atoms with Crippen LogP contribution in [-0.4, -0.2) is 110 Å². The van der Waals surface area contributed by atoms with Crippen molar-refractivity contribution in [1.29, 1.82) is 0 Å². The predicted molar refractivity (Wildman–Crippen MR) is 205 cm³/mol. The summed E-state index contributed by atoms with van der Waals surface area (Å²) in [6.07, 6.45) is 3.50. The maximum absolute atomic E-state index is 14.2. The van der Waals surface area contributed by atoms with Crippen LogP contribution in [0.15, 0.2) is 41.9 Å². The number of carbonyl (C=O) groups excluding carboxylic acids is 4. The molecule has 0 aliphatic carbocycles. The number of nitrogens with zero attached hydrogens (tertiary/aromatic N) is 3. The van der Waals surface area contributed by atoms with Crippen LogP contribution in [0.5, 0.6) is 0 Å². The van der Waals surface area contributed by atoms with Crippen molar-refractivity contribution in [2.45, 2.75) is 116 Å². The SMILES string of the molecule is CC[C@H](C)[C@@H]([C@@H](CC(=O)N1CCC[C@H]1[C@H](OC)[C@@H](C)C(=O)N[C@@H](Cc1ccccc1)c1nccs1)OC)N(C)C(=O)[C@@H](NC(=O)[C@H](C)NC)C(C)C. The van der Waals surface area contributed by atoms with Crippen LogP contribution in [-0.2, 0) is 35.1 Å². The van der Waals surface area contributed by atoms with Gasteiger partial charge in [0.2, 0.25) is 23.6 Å². The molecule has 2 aromatic rings. The first-order valence-electron chi connectivity index (χ1n) is 18.6. The monoisotopic (exact) mass is 742 g/mol. The van der Waals surface area contributed by atoms with E-state index in [-0.39, 0.29) is 54.0 Å². The molecule has 12 nitrogen and oxygen atoms in total. The lowest BCUT2D eigenvalue weighted by atomic mass is 9.89. The number of carbonyl (C=O) groups is 4. The molecule has 3 rings (SSSR count). The highest BCUT2D eigenvalue weighted by atomic mass is 32.1. The number of hydrogen-bond donors (Lipinski definition) is 3. The smallest absolute Gasteiger partial charge is 0.245 e. The highest BCUT2D eigenvalue weighted by Gasteiger charge is 2.43. The van der Waals surface area contributed by atoms with Crippen molar-refractivity contribution < 1.29 is 28.7 Å². The lowest BCUT2D eigenvalue weighted by molar-refractivity contribution is -0.147. The molecule has 2 heterocycles. The third-order valence-electron chi connectivity index (χ3n) is 10.7. The Balaban J connectivity index is 1.78. The molecule has 13 heteroatoms. The lowest BCUT2D eigenvalue weighted by Crippen LogP contribution is -2.59. The van der Waals surface area contributed by atoms with Gasteiger partial charge in [-0.05, 0) is 50.6 Å². The van der Waals surface area contributed by atoms with Crippen molar-refractivity contribution in [2.75, 3.05) is 34.9 Å². The molecule has 1 aromatic heterocycles. The fraction of sp³-hybridized carbons (Fsp3) is 0.667. The Bertz CT molecular complexity index is 1410. The molecule has 1 fully saturated rings. The van der Waals surface area contributed by atoms with Crippen LogP contribution in [0, 0.1) is 17.8 Å². The molecule has 3 N–H and O–H groups in total. The van der Waals surface area contributed by atoms with Crippen LogP contribution in [0.2, 0.25) is 0 Å². The molecular weight excluding hydrogens is 681 g/mol. The summed E-state index contributed by atoms with van der Waals surface area (Å²) in [6.45, 7) is 12.0. The average Bonchev–Trinajstić information content (AvgIpc) is 3.86. The van der Waals surface area contributed by atoms with E-state index >= 15 is 0 Å². The molecule has 9 atom stereocenters. The van der Waals surface area contributed by atoms with Gasteiger partial charge in [-0.2, -0.15) is 0 Å². The number of thiazole rings is 1. The van der Waals surface area contributed by atoms with E-state index in [4.69, 9.17) is 9.47 Å². The fourth-order valence-corrected chi connectivity index (χ4v) is 7.90. The zero-order chi connectivity index (χ0) is 38.5. The van der Waals surface area contributed by atoms with E-state index < -0.39 is 36.3 Å². The Kier molecular flexibility index (Phi) is 17.2. The first-order valence-corrected chi connectivity index (χ1v) is 19.5. The van der Waals surface area contributed by atoms with Crippen molar-refractivity contribution >= 4 is 35.0 Å². The zero-order valence-electron chi connectivity index (χ0n) is 32.8. The molecule has 1 aliphatic heterocycles. The highest BCUT2D eigenvalue weighted by Crippen LogP contribution is 2.30. The third-order valence-corrected chi connectivity index (χ3v) is 11.6. The van der Waals surface area contributed by atoms with E-state index in [9.17, 15) is 19.2 Å². The van der Waals surface area contributed by atoms with Gasteiger partial charge in [-0.15, -0.1) is 11.3 Å². The van der Waals surface area contributed by atoms with Crippen molar-refractivity contribution in [3.05, 3.63) is 52.5 Å². The van der Waals surface area contributed by atoms with Gasteiger partial charge in [0.25, 0.3) is 0 Å². The summed E-state index contributed by atoms with van der Waals surface area (Å²) in [4.78, 5) is 62.8. The summed E-state index contributed by atoms with van der Waals surface area (Å²) < 4.78 is 12.0. The molecule has 0 saturated carbocycles. The van der Waals surface area contributed by atoms with Gasteiger partial charge in [0.05, 0.1) is 48.7 Å². The number of benzene rings is 1. The van der Waals surface area contributed by atoms with Crippen LogP contribution in [0.3, 0.4) is 0 Å². The van der Waals surface area contributed by atoms with Gasteiger partial charge in [-0.25, -0.2) is 4.98 Å². The molecule has 290 valence electrons. The van der Waals surface area contributed by atoms with Crippen molar-refractivity contribution in [3.63, 3.8) is 0 Å². The third kappa shape index (κ3) is 11.1. The minimum atomic E-state index is -0.742. The van der Waals surface area contributed by atoms with Crippen LogP contribution in [0.4, 0.5) is 0 Å². The Hall–Kier alpha value is -3.39. The Labute approximate surface area is 314 Å². The molecule has 1 saturated heterocycles. The zero-order valence-corrected chi connectivity index (χ0v) is 33.6. The van der Waals surface area contributed by atoms with Crippen LogP contribution < -0.4 is 16.0 Å². The number of hydrogen-bond acceptors (Lipinski definition) is 9. The molecule has 4 amide bonds. The second kappa shape index (κ2) is 20.7. The number of amides is 4. The molecule has 0 radical (unpaired) electrons. The Morgan fingerprint density at radius 3 is 2.27 bits per heavy atom. The number of ether oxygens (including phenoxy) is 2. The second-order valence-corrected chi connectivity index (χ2v) is 15.4. The van der Waals surface area contributed by atoms with Crippen molar-refractivity contribution in [3.8, 4) is 0 Å². The van der Waals surface area contributed by atoms with Crippen LogP contribution in [0.1, 0.15) is 83.8 Å². The second-order valence-electron chi connectivity index (χ2n) is 14.5. The maximum Gasteiger partial charge on any atom is 0.245 e. The van der Waals surface area contributed by atoms with Crippen molar-refractivity contribution in [2.24, 2.45) is 17.8 Å². The molecule has 0 spiro atoms. The predicted octanol–water partition coefficient (Wildman–Crippen LogP) is 4.21. The van der Waals surface area contributed by atoms with Gasteiger partial charge in [0, 0.05) is 39.4 Å². The number of nitrogens with one attached hydrogen (secondary N) is 3. The Morgan fingerprint density at radius 1 is 1.02 bits per heavy atom. The summed E-state index contributed by atoms with van der Waals surface area (Å²) in [5.41, 5.74) is 1.09. The van der Waals surface area contributed by atoms with Gasteiger partial charge < -0.3 is 35.2 Å². The number of rotatable bonds is 20. The van der Waals surface area contributed by atoms with Crippen LogP contribution in [0.25, 0.3) is 0 Å². The minimum absolute atomic E-state index is 0.00192. The van der Waals surface area contributed by atoms with E-state index in [1.807, 2.05) is 75.2 Å². The van der Waals surface area contributed by atoms with Gasteiger partial charge in [0.1, 0.15) is 11.0 Å². The van der Waals surface area contributed by atoms with Crippen molar-refractivity contribution in [1.82, 2.24) is 30.7 Å². The largest absolute Gasteiger partial charge is 0.379 e. The minimum Gasteiger partial charge on any atom is -0.379 e. The topological polar surface area (TPSA) is 142 Å². The highest BCUT2D eigenvalue weighted by molar-refractivity contribution is 7.09. The van der Waals surface area contributed by atoms with E-state index in [1.165, 1.54) is 11.3 Å². The molecule has 52 heavy (non-hydrogen) atoms. The number of methoxy groups -OCH3 is 2.